The Hall–Kier alpha value is -2.28. The largest absolute Gasteiger partial charge is 0.345 e. The average molecular weight is 390 g/mol. The molecule has 1 saturated carbocycles. The smallest absolute Gasteiger partial charge is 0.334 e. The molecule has 0 radical (unpaired) electrons. The van der Waals surface area contributed by atoms with Gasteiger partial charge in [-0.3, -0.25) is 4.57 Å². The molecule has 1 aliphatic carbocycles. The van der Waals surface area contributed by atoms with E-state index >= 15 is 0 Å². The van der Waals surface area contributed by atoms with E-state index in [1.807, 2.05) is 33.7 Å². The molecule has 8 heteroatoms. The third-order valence-electron chi connectivity index (χ3n) is 5.40. The Labute approximate surface area is 162 Å². The number of hydrogen-bond acceptors (Lipinski definition) is 3. The number of aryl methyl sites for hydroxylation is 1. The number of nitrogens with one attached hydrogen (secondary N) is 1. The Balaban J connectivity index is 1.33. The summed E-state index contributed by atoms with van der Waals surface area (Å²) < 4.78 is 3.32. The Morgan fingerprint density at radius 3 is 2.48 bits per heavy atom. The molecule has 2 heterocycles. The molecule has 27 heavy (non-hydrogen) atoms. The molecule has 1 saturated heterocycles. The molecule has 0 spiro atoms. The van der Waals surface area contributed by atoms with Crippen LogP contribution in [0.15, 0.2) is 29.1 Å². The van der Waals surface area contributed by atoms with Gasteiger partial charge in [0.2, 0.25) is 0 Å². The highest BCUT2D eigenvalue weighted by Crippen LogP contribution is 2.37. The van der Waals surface area contributed by atoms with Crippen LogP contribution < -0.4 is 11.0 Å². The monoisotopic (exact) mass is 389 g/mol. The van der Waals surface area contributed by atoms with Gasteiger partial charge < -0.3 is 10.2 Å². The Bertz CT molecular complexity index is 876. The van der Waals surface area contributed by atoms with Crippen LogP contribution in [0, 0.1) is 0 Å². The molecular weight excluding hydrogens is 366 g/mol. The lowest BCUT2D eigenvalue weighted by Gasteiger charge is -2.31. The van der Waals surface area contributed by atoms with Crippen molar-refractivity contribution < 1.29 is 4.79 Å². The van der Waals surface area contributed by atoms with Gasteiger partial charge in [-0.25, -0.2) is 14.3 Å². The SMILES string of the molecule is Cn1nc(C2CCN(C(=O)NCc3ccc(Cl)cc3)CC2)n(C2CC2)c1=O. The zero-order chi connectivity index (χ0) is 19.0. The summed E-state index contributed by atoms with van der Waals surface area (Å²) in [5.74, 6) is 1.13. The highest BCUT2D eigenvalue weighted by atomic mass is 35.5. The number of carbonyl (C=O) groups is 1. The van der Waals surface area contributed by atoms with Crippen LogP contribution in [0.4, 0.5) is 4.79 Å². The molecule has 0 unspecified atom stereocenters. The van der Waals surface area contributed by atoms with Crippen molar-refractivity contribution in [3.63, 3.8) is 0 Å². The van der Waals surface area contributed by atoms with Crippen molar-refractivity contribution in [2.75, 3.05) is 13.1 Å². The quantitative estimate of drug-likeness (QED) is 0.873. The maximum atomic E-state index is 12.4. The number of rotatable bonds is 4. The van der Waals surface area contributed by atoms with Gasteiger partial charge in [0.15, 0.2) is 0 Å². The summed E-state index contributed by atoms with van der Waals surface area (Å²) >= 11 is 5.88. The number of piperidine rings is 1. The predicted octanol–water partition coefficient (Wildman–Crippen LogP) is 2.66. The van der Waals surface area contributed by atoms with Crippen LogP contribution in [-0.4, -0.2) is 38.4 Å². The lowest BCUT2D eigenvalue weighted by Crippen LogP contribution is -2.44. The normalized spacial score (nSPS) is 17.9. The van der Waals surface area contributed by atoms with Gasteiger partial charge in [0.25, 0.3) is 0 Å². The van der Waals surface area contributed by atoms with E-state index in [1.165, 1.54) is 4.68 Å². The van der Waals surface area contributed by atoms with E-state index in [0.717, 1.165) is 37.1 Å². The number of amides is 2. The van der Waals surface area contributed by atoms with E-state index in [2.05, 4.69) is 10.4 Å². The zero-order valence-corrected chi connectivity index (χ0v) is 16.2. The third kappa shape index (κ3) is 3.88. The maximum absolute atomic E-state index is 12.4. The fourth-order valence-corrected chi connectivity index (χ4v) is 3.81. The number of likely N-dealkylation sites (tertiary alicyclic amines) is 1. The first-order chi connectivity index (χ1) is 13.0. The Morgan fingerprint density at radius 2 is 1.85 bits per heavy atom. The Morgan fingerprint density at radius 1 is 1.19 bits per heavy atom. The molecule has 1 aliphatic heterocycles. The first kappa shape index (κ1) is 18.1. The van der Waals surface area contributed by atoms with Gasteiger partial charge in [-0.05, 0) is 43.4 Å². The molecule has 1 aromatic carbocycles. The van der Waals surface area contributed by atoms with Crippen LogP contribution in [0.3, 0.4) is 0 Å². The van der Waals surface area contributed by atoms with Crippen LogP contribution in [-0.2, 0) is 13.6 Å². The molecule has 7 nitrogen and oxygen atoms in total. The highest BCUT2D eigenvalue weighted by Gasteiger charge is 2.34. The van der Waals surface area contributed by atoms with Gasteiger partial charge in [-0.2, -0.15) is 5.10 Å². The van der Waals surface area contributed by atoms with Crippen molar-refractivity contribution in [2.45, 2.75) is 44.2 Å². The van der Waals surface area contributed by atoms with Gasteiger partial charge in [-0.1, -0.05) is 23.7 Å². The van der Waals surface area contributed by atoms with Gasteiger partial charge in [0.05, 0.1) is 0 Å². The summed E-state index contributed by atoms with van der Waals surface area (Å²) in [5.41, 5.74) is 1.00. The summed E-state index contributed by atoms with van der Waals surface area (Å²) in [5, 5.41) is 8.14. The van der Waals surface area contributed by atoms with Crippen LogP contribution in [0.5, 0.6) is 0 Å². The van der Waals surface area contributed by atoms with E-state index in [0.29, 0.717) is 30.7 Å². The first-order valence-corrected chi connectivity index (χ1v) is 9.83. The van der Waals surface area contributed by atoms with Crippen molar-refractivity contribution in [1.29, 1.82) is 0 Å². The van der Waals surface area contributed by atoms with E-state index in [4.69, 9.17) is 11.6 Å². The molecule has 4 rings (SSSR count). The third-order valence-corrected chi connectivity index (χ3v) is 5.65. The fourth-order valence-electron chi connectivity index (χ4n) is 3.69. The van der Waals surface area contributed by atoms with Crippen LogP contribution in [0.25, 0.3) is 0 Å². The number of aromatic nitrogens is 3. The zero-order valence-electron chi connectivity index (χ0n) is 15.4. The summed E-state index contributed by atoms with van der Waals surface area (Å²) in [6.07, 6.45) is 3.78. The average Bonchev–Trinajstić information content (AvgIpc) is 3.47. The van der Waals surface area contributed by atoms with E-state index < -0.39 is 0 Å². The summed E-state index contributed by atoms with van der Waals surface area (Å²) in [7, 11) is 1.71. The van der Waals surface area contributed by atoms with Gasteiger partial charge in [0.1, 0.15) is 5.82 Å². The molecule has 2 amide bonds. The van der Waals surface area contributed by atoms with E-state index in [9.17, 15) is 9.59 Å². The maximum Gasteiger partial charge on any atom is 0.345 e. The Kier molecular flexibility index (Phi) is 4.95. The molecule has 0 atom stereocenters. The summed E-state index contributed by atoms with van der Waals surface area (Å²) in [6, 6.07) is 7.73. The molecule has 1 N–H and O–H groups in total. The minimum Gasteiger partial charge on any atom is -0.334 e. The molecule has 2 aliphatic rings. The topological polar surface area (TPSA) is 72.2 Å². The number of benzene rings is 1. The lowest BCUT2D eigenvalue weighted by atomic mass is 9.96. The first-order valence-electron chi connectivity index (χ1n) is 9.45. The minimum absolute atomic E-state index is 0.0179. The summed E-state index contributed by atoms with van der Waals surface area (Å²) in [6.45, 7) is 1.83. The van der Waals surface area contributed by atoms with Crippen molar-refractivity contribution in [1.82, 2.24) is 24.6 Å². The lowest BCUT2D eigenvalue weighted by molar-refractivity contribution is 0.179. The second-order valence-electron chi connectivity index (χ2n) is 7.41. The van der Waals surface area contributed by atoms with Crippen molar-refractivity contribution in [3.05, 3.63) is 51.2 Å². The van der Waals surface area contributed by atoms with E-state index in [1.54, 1.807) is 7.05 Å². The highest BCUT2D eigenvalue weighted by molar-refractivity contribution is 6.30. The predicted molar refractivity (Wildman–Crippen MR) is 103 cm³/mol. The minimum atomic E-state index is -0.0518. The van der Waals surface area contributed by atoms with Crippen molar-refractivity contribution >= 4 is 17.6 Å². The standard InChI is InChI=1S/C19H24ClN5O2/c1-23-19(27)25(16-6-7-16)17(22-23)14-8-10-24(11-9-14)18(26)21-12-13-2-4-15(20)5-3-13/h2-5,14,16H,6-12H2,1H3,(H,21,26). The number of carbonyl (C=O) groups excluding carboxylic acids is 1. The van der Waals surface area contributed by atoms with Gasteiger partial charge >= 0.3 is 11.7 Å². The van der Waals surface area contributed by atoms with Crippen LogP contribution in [0.1, 0.15) is 49.0 Å². The molecular formula is C19H24ClN5O2. The number of halogens is 1. The molecule has 0 bridgehead atoms. The van der Waals surface area contributed by atoms with Crippen LogP contribution in [0.2, 0.25) is 5.02 Å². The second kappa shape index (κ2) is 7.38. The van der Waals surface area contributed by atoms with E-state index in [-0.39, 0.29) is 17.6 Å². The molecule has 144 valence electrons. The fraction of sp³-hybridized carbons (Fsp3) is 0.526. The number of urea groups is 1. The number of hydrogen-bond donors (Lipinski definition) is 1. The number of nitrogens with zero attached hydrogens (tertiary/aromatic N) is 4. The van der Waals surface area contributed by atoms with Crippen LogP contribution >= 0.6 is 11.6 Å². The van der Waals surface area contributed by atoms with Gasteiger partial charge in [0, 0.05) is 43.7 Å². The second-order valence-corrected chi connectivity index (χ2v) is 7.85. The molecule has 2 aromatic rings. The van der Waals surface area contributed by atoms with Crippen molar-refractivity contribution in [3.8, 4) is 0 Å². The van der Waals surface area contributed by atoms with Gasteiger partial charge in [-0.15, -0.1) is 0 Å². The van der Waals surface area contributed by atoms with Crippen molar-refractivity contribution in [2.24, 2.45) is 7.05 Å². The molecule has 1 aromatic heterocycles. The molecule has 2 fully saturated rings. The summed E-state index contributed by atoms with van der Waals surface area (Å²) in [4.78, 5) is 26.6.